The molecule has 0 aliphatic heterocycles. The van der Waals surface area contributed by atoms with Gasteiger partial charge in [0.2, 0.25) is 0 Å². The predicted octanol–water partition coefficient (Wildman–Crippen LogP) is 3.97. The Balaban J connectivity index is 2.19. The van der Waals surface area contributed by atoms with E-state index in [0.717, 1.165) is 11.1 Å². The zero-order valence-electron chi connectivity index (χ0n) is 14.7. The largest absolute Gasteiger partial charge is 0.480 e. The standard InChI is InChI=1S/C20H17ClN2O4/c1-12-5-13(2)7-16(6-12)23-20(26)15(10-22)8-14-3-4-18(17(21)9-14)27-11-19(24)25/h3-9H,11H2,1-2H3,(H,23,26)(H,24,25)/b15-8-. The van der Waals surface area contributed by atoms with Crippen LogP contribution in [0.3, 0.4) is 0 Å². The Bertz CT molecular complexity index is 941. The summed E-state index contributed by atoms with van der Waals surface area (Å²) in [5.41, 5.74) is 3.02. The normalized spacial score (nSPS) is 10.8. The number of ether oxygens (including phenoxy) is 1. The van der Waals surface area contributed by atoms with Crippen molar-refractivity contribution >= 4 is 35.2 Å². The van der Waals surface area contributed by atoms with Crippen molar-refractivity contribution in [2.45, 2.75) is 13.8 Å². The summed E-state index contributed by atoms with van der Waals surface area (Å²) in [7, 11) is 0. The van der Waals surface area contributed by atoms with Gasteiger partial charge in [-0.3, -0.25) is 4.79 Å². The van der Waals surface area contributed by atoms with Gasteiger partial charge in [0, 0.05) is 5.69 Å². The molecule has 0 saturated heterocycles. The van der Waals surface area contributed by atoms with Crippen LogP contribution in [0.1, 0.15) is 16.7 Å². The molecule has 138 valence electrons. The van der Waals surface area contributed by atoms with E-state index < -0.39 is 18.5 Å². The highest BCUT2D eigenvalue weighted by Gasteiger charge is 2.11. The van der Waals surface area contributed by atoms with Crippen molar-refractivity contribution in [1.82, 2.24) is 0 Å². The minimum atomic E-state index is -1.12. The first-order valence-electron chi connectivity index (χ1n) is 7.94. The molecule has 0 bridgehead atoms. The second kappa shape index (κ2) is 8.88. The van der Waals surface area contributed by atoms with Gasteiger partial charge in [0.25, 0.3) is 5.91 Å². The number of aliphatic carboxylic acids is 1. The number of aryl methyl sites for hydroxylation is 2. The van der Waals surface area contributed by atoms with E-state index in [1.54, 1.807) is 6.07 Å². The molecule has 0 atom stereocenters. The Kier molecular flexibility index (Phi) is 6.58. The Morgan fingerprint density at radius 1 is 1.22 bits per heavy atom. The molecule has 27 heavy (non-hydrogen) atoms. The van der Waals surface area contributed by atoms with Crippen LogP contribution in [0, 0.1) is 25.2 Å². The summed E-state index contributed by atoms with van der Waals surface area (Å²) >= 11 is 6.05. The fraction of sp³-hybridized carbons (Fsp3) is 0.150. The molecule has 7 heteroatoms. The highest BCUT2D eigenvalue weighted by atomic mass is 35.5. The average molecular weight is 385 g/mol. The summed E-state index contributed by atoms with van der Waals surface area (Å²) in [6.45, 7) is 3.32. The number of rotatable bonds is 6. The Hall–Kier alpha value is -3.30. The number of anilines is 1. The van der Waals surface area contributed by atoms with Crippen LogP contribution in [-0.4, -0.2) is 23.6 Å². The number of nitrogens with zero attached hydrogens (tertiary/aromatic N) is 1. The van der Waals surface area contributed by atoms with Crippen LogP contribution in [0.2, 0.25) is 5.02 Å². The zero-order chi connectivity index (χ0) is 20.0. The van der Waals surface area contributed by atoms with Crippen LogP contribution in [0.15, 0.2) is 42.0 Å². The number of carboxylic acids is 1. The first-order chi connectivity index (χ1) is 12.8. The van der Waals surface area contributed by atoms with E-state index in [1.807, 2.05) is 38.1 Å². The molecule has 0 spiro atoms. The monoisotopic (exact) mass is 384 g/mol. The molecule has 0 radical (unpaired) electrons. The van der Waals surface area contributed by atoms with Gasteiger partial charge in [0.15, 0.2) is 6.61 Å². The lowest BCUT2D eigenvalue weighted by atomic mass is 10.1. The number of nitriles is 1. The highest BCUT2D eigenvalue weighted by Crippen LogP contribution is 2.26. The molecular weight excluding hydrogens is 368 g/mol. The highest BCUT2D eigenvalue weighted by molar-refractivity contribution is 6.32. The lowest BCUT2D eigenvalue weighted by Crippen LogP contribution is -2.13. The maximum Gasteiger partial charge on any atom is 0.341 e. The summed E-state index contributed by atoms with van der Waals surface area (Å²) in [5.74, 6) is -1.45. The molecule has 1 amide bonds. The second-order valence-corrected chi connectivity index (χ2v) is 6.28. The number of carbonyl (C=O) groups is 2. The summed E-state index contributed by atoms with van der Waals surface area (Å²) in [5, 5.41) is 20.8. The van der Waals surface area contributed by atoms with Gasteiger partial charge in [-0.05, 0) is 60.9 Å². The second-order valence-electron chi connectivity index (χ2n) is 5.87. The number of benzene rings is 2. The zero-order valence-corrected chi connectivity index (χ0v) is 15.5. The third kappa shape index (κ3) is 5.87. The third-order valence-corrected chi connectivity index (χ3v) is 3.76. The van der Waals surface area contributed by atoms with Crippen molar-refractivity contribution in [3.8, 4) is 11.8 Å². The molecule has 2 aromatic rings. The third-order valence-electron chi connectivity index (χ3n) is 3.46. The Morgan fingerprint density at radius 2 is 1.89 bits per heavy atom. The van der Waals surface area contributed by atoms with Gasteiger partial charge in [0.1, 0.15) is 17.4 Å². The molecule has 2 N–H and O–H groups in total. The molecule has 6 nitrogen and oxygen atoms in total. The Labute approximate surface area is 161 Å². The van der Waals surface area contributed by atoms with Crippen LogP contribution >= 0.6 is 11.6 Å². The van der Waals surface area contributed by atoms with Gasteiger partial charge < -0.3 is 15.2 Å². The van der Waals surface area contributed by atoms with Gasteiger partial charge in [-0.25, -0.2) is 4.79 Å². The first kappa shape index (κ1) is 20.0. The smallest absolute Gasteiger partial charge is 0.341 e. The minimum absolute atomic E-state index is 0.0931. The lowest BCUT2D eigenvalue weighted by Gasteiger charge is -2.08. The van der Waals surface area contributed by atoms with Crippen LogP contribution in [0.4, 0.5) is 5.69 Å². The molecule has 2 aromatic carbocycles. The lowest BCUT2D eigenvalue weighted by molar-refractivity contribution is -0.139. The maximum absolute atomic E-state index is 12.4. The summed E-state index contributed by atoms with van der Waals surface area (Å²) in [6, 6.07) is 12.0. The van der Waals surface area contributed by atoms with E-state index >= 15 is 0 Å². The van der Waals surface area contributed by atoms with Gasteiger partial charge in [-0.1, -0.05) is 23.7 Å². The van der Waals surface area contributed by atoms with Crippen molar-refractivity contribution in [2.75, 3.05) is 11.9 Å². The van der Waals surface area contributed by atoms with Crippen molar-refractivity contribution in [3.63, 3.8) is 0 Å². The summed E-state index contributed by atoms with van der Waals surface area (Å²) in [6.07, 6.45) is 1.39. The van der Waals surface area contributed by atoms with E-state index in [1.165, 1.54) is 18.2 Å². The number of amides is 1. The molecule has 0 fully saturated rings. The fourth-order valence-electron chi connectivity index (χ4n) is 2.42. The molecule has 0 aromatic heterocycles. The molecule has 0 unspecified atom stereocenters. The van der Waals surface area contributed by atoms with Crippen LogP contribution in [0.25, 0.3) is 6.08 Å². The van der Waals surface area contributed by atoms with E-state index in [4.69, 9.17) is 21.4 Å². The molecule has 2 rings (SSSR count). The van der Waals surface area contributed by atoms with Crippen LogP contribution in [-0.2, 0) is 9.59 Å². The molecule has 0 saturated carbocycles. The first-order valence-corrected chi connectivity index (χ1v) is 8.32. The van der Waals surface area contributed by atoms with Crippen LogP contribution in [0.5, 0.6) is 5.75 Å². The summed E-state index contributed by atoms with van der Waals surface area (Å²) < 4.78 is 5.04. The minimum Gasteiger partial charge on any atom is -0.480 e. The number of hydrogen-bond donors (Lipinski definition) is 2. The number of nitrogens with one attached hydrogen (secondary N) is 1. The van der Waals surface area contributed by atoms with Crippen molar-refractivity contribution < 1.29 is 19.4 Å². The number of carbonyl (C=O) groups excluding carboxylic acids is 1. The quantitative estimate of drug-likeness (QED) is 0.580. The number of halogens is 1. The van der Waals surface area contributed by atoms with E-state index in [2.05, 4.69) is 5.32 Å². The van der Waals surface area contributed by atoms with Gasteiger partial charge in [-0.15, -0.1) is 0 Å². The van der Waals surface area contributed by atoms with E-state index in [9.17, 15) is 14.9 Å². The van der Waals surface area contributed by atoms with Gasteiger partial charge in [0.05, 0.1) is 5.02 Å². The Morgan fingerprint density at radius 3 is 2.44 bits per heavy atom. The topological polar surface area (TPSA) is 99.4 Å². The van der Waals surface area contributed by atoms with Gasteiger partial charge >= 0.3 is 5.97 Å². The molecule has 0 aliphatic rings. The summed E-state index contributed by atoms with van der Waals surface area (Å²) in [4.78, 5) is 22.9. The number of carboxylic acid groups (broad SMARTS) is 1. The molecular formula is C20H17ClN2O4. The SMILES string of the molecule is Cc1cc(C)cc(NC(=O)/C(C#N)=C\c2ccc(OCC(=O)O)c(Cl)c2)c1. The van der Waals surface area contributed by atoms with Crippen molar-refractivity contribution in [2.24, 2.45) is 0 Å². The predicted molar refractivity (Wildman–Crippen MR) is 103 cm³/mol. The maximum atomic E-state index is 12.4. The van der Waals surface area contributed by atoms with Gasteiger partial charge in [-0.2, -0.15) is 5.26 Å². The molecule has 0 heterocycles. The van der Waals surface area contributed by atoms with Crippen LogP contribution < -0.4 is 10.1 Å². The van der Waals surface area contributed by atoms with Crippen molar-refractivity contribution in [3.05, 3.63) is 63.7 Å². The fourth-order valence-corrected chi connectivity index (χ4v) is 2.67. The molecule has 0 aliphatic carbocycles. The van der Waals surface area contributed by atoms with E-state index in [0.29, 0.717) is 11.3 Å². The number of hydrogen-bond acceptors (Lipinski definition) is 4. The van der Waals surface area contributed by atoms with E-state index in [-0.39, 0.29) is 16.3 Å². The average Bonchev–Trinajstić information content (AvgIpc) is 2.57. The van der Waals surface area contributed by atoms with Crippen molar-refractivity contribution in [1.29, 1.82) is 5.26 Å².